The van der Waals surface area contributed by atoms with Crippen molar-refractivity contribution in [1.29, 1.82) is 0 Å². The van der Waals surface area contributed by atoms with Gasteiger partial charge in [0.2, 0.25) is 0 Å². The Morgan fingerprint density at radius 2 is 1.84 bits per heavy atom. The van der Waals surface area contributed by atoms with Gasteiger partial charge >= 0.3 is 0 Å². The molecular formula is C16H17Cl2N. The fourth-order valence-electron chi connectivity index (χ4n) is 2.12. The molecule has 0 amide bonds. The van der Waals surface area contributed by atoms with E-state index in [0.29, 0.717) is 11.6 Å². The van der Waals surface area contributed by atoms with Crippen LogP contribution in [-0.2, 0) is 6.54 Å². The first-order valence-corrected chi connectivity index (χ1v) is 7.06. The number of nitrogens with one attached hydrogen (secondary N) is 1. The minimum absolute atomic E-state index is 0.274. The summed E-state index contributed by atoms with van der Waals surface area (Å²) in [5.74, 6) is 0. The molecule has 0 aromatic heterocycles. The Labute approximate surface area is 124 Å². The summed E-state index contributed by atoms with van der Waals surface area (Å²) < 4.78 is 0. The molecule has 0 unspecified atom stereocenters. The molecule has 0 aliphatic carbocycles. The van der Waals surface area contributed by atoms with Gasteiger partial charge in [-0.3, -0.25) is 0 Å². The maximum atomic E-state index is 6.16. The normalized spacial score (nSPS) is 12.4. The maximum Gasteiger partial charge on any atom is 0.0451 e. The molecule has 2 aromatic rings. The molecule has 0 radical (unpaired) electrons. The van der Waals surface area contributed by atoms with Crippen molar-refractivity contribution in [3.63, 3.8) is 0 Å². The Morgan fingerprint density at radius 3 is 2.58 bits per heavy atom. The fourth-order valence-corrected chi connectivity index (χ4v) is 2.50. The Hall–Kier alpha value is -1.02. The van der Waals surface area contributed by atoms with Crippen LogP contribution >= 0.6 is 23.2 Å². The average molecular weight is 294 g/mol. The van der Waals surface area contributed by atoms with Crippen molar-refractivity contribution in [3.8, 4) is 0 Å². The van der Waals surface area contributed by atoms with Gasteiger partial charge in [-0.1, -0.05) is 47.5 Å². The number of aryl methyl sites for hydroxylation is 1. The molecule has 0 bridgehead atoms. The second kappa shape index (κ2) is 6.42. The summed E-state index contributed by atoms with van der Waals surface area (Å²) in [5, 5.41) is 4.94. The van der Waals surface area contributed by atoms with Gasteiger partial charge in [-0.15, -0.1) is 0 Å². The van der Waals surface area contributed by atoms with Crippen LogP contribution in [0.5, 0.6) is 0 Å². The second-order valence-electron chi connectivity index (χ2n) is 4.69. The molecule has 3 heteroatoms. The lowest BCUT2D eigenvalue weighted by Crippen LogP contribution is -2.19. The smallest absolute Gasteiger partial charge is 0.0451 e. The summed E-state index contributed by atoms with van der Waals surface area (Å²) in [7, 11) is 0. The third-order valence-electron chi connectivity index (χ3n) is 3.26. The molecule has 2 rings (SSSR count). The van der Waals surface area contributed by atoms with E-state index in [1.54, 1.807) is 6.07 Å². The molecular weight excluding hydrogens is 277 g/mol. The van der Waals surface area contributed by atoms with Gasteiger partial charge in [-0.2, -0.15) is 0 Å². The van der Waals surface area contributed by atoms with Crippen LogP contribution in [0.25, 0.3) is 0 Å². The van der Waals surface area contributed by atoms with E-state index >= 15 is 0 Å². The van der Waals surface area contributed by atoms with Gasteiger partial charge in [-0.25, -0.2) is 0 Å². The standard InChI is InChI=1S/C16H17Cl2N/c1-11-5-3-4-6-15(11)12(2)19-10-13-9-14(17)7-8-16(13)18/h3-9,12,19H,10H2,1-2H3/t12-/m0/s1. The van der Waals surface area contributed by atoms with Crippen molar-refractivity contribution < 1.29 is 0 Å². The first kappa shape index (κ1) is 14.4. The number of rotatable bonds is 4. The molecule has 0 aliphatic rings. The van der Waals surface area contributed by atoms with Gasteiger partial charge in [-0.05, 0) is 48.7 Å². The van der Waals surface area contributed by atoms with E-state index in [1.807, 2.05) is 12.1 Å². The topological polar surface area (TPSA) is 12.0 Å². The number of benzene rings is 2. The largest absolute Gasteiger partial charge is 0.306 e. The van der Waals surface area contributed by atoms with E-state index < -0.39 is 0 Å². The van der Waals surface area contributed by atoms with Crippen molar-refractivity contribution in [2.24, 2.45) is 0 Å². The Morgan fingerprint density at radius 1 is 1.11 bits per heavy atom. The van der Waals surface area contributed by atoms with Crippen LogP contribution < -0.4 is 5.32 Å². The predicted molar refractivity (Wildman–Crippen MR) is 82.9 cm³/mol. The monoisotopic (exact) mass is 293 g/mol. The first-order chi connectivity index (χ1) is 9.08. The van der Waals surface area contributed by atoms with Gasteiger partial charge < -0.3 is 5.32 Å². The third kappa shape index (κ3) is 3.73. The lowest BCUT2D eigenvalue weighted by atomic mass is 10.0. The van der Waals surface area contributed by atoms with Crippen molar-refractivity contribution in [2.75, 3.05) is 0 Å². The highest BCUT2D eigenvalue weighted by Crippen LogP contribution is 2.22. The summed E-state index contributed by atoms with van der Waals surface area (Å²) in [5.41, 5.74) is 3.62. The predicted octanol–water partition coefficient (Wildman–Crippen LogP) is 5.15. The molecule has 1 nitrogen and oxygen atoms in total. The van der Waals surface area contributed by atoms with Gasteiger partial charge in [0.1, 0.15) is 0 Å². The molecule has 100 valence electrons. The highest BCUT2D eigenvalue weighted by atomic mass is 35.5. The second-order valence-corrected chi connectivity index (χ2v) is 5.54. The molecule has 1 atom stereocenters. The van der Waals surface area contributed by atoms with Crippen LogP contribution in [0.15, 0.2) is 42.5 Å². The Balaban J connectivity index is 2.06. The minimum Gasteiger partial charge on any atom is -0.306 e. The molecule has 1 N–H and O–H groups in total. The summed E-state index contributed by atoms with van der Waals surface area (Å²) in [6.45, 7) is 4.98. The van der Waals surface area contributed by atoms with E-state index in [9.17, 15) is 0 Å². The zero-order valence-corrected chi connectivity index (χ0v) is 12.6. The minimum atomic E-state index is 0.274. The van der Waals surface area contributed by atoms with E-state index in [1.165, 1.54) is 11.1 Å². The summed E-state index contributed by atoms with van der Waals surface area (Å²) in [6.07, 6.45) is 0. The molecule has 0 saturated heterocycles. The quantitative estimate of drug-likeness (QED) is 0.822. The van der Waals surface area contributed by atoms with Crippen molar-refractivity contribution in [1.82, 2.24) is 5.32 Å². The number of halogens is 2. The summed E-state index contributed by atoms with van der Waals surface area (Å²) in [6, 6.07) is 14.2. The molecule has 0 saturated carbocycles. The van der Waals surface area contributed by atoms with Gasteiger partial charge in [0.15, 0.2) is 0 Å². The van der Waals surface area contributed by atoms with Crippen LogP contribution in [0.2, 0.25) is 10.0 Å². The SMILES string of the molecule is Cc1ccccc1[C@H](C)NCc1cc(Cl)ccc1Cl. The Bertz CT molecular complexity index is 566. The molecule has 19 heavy (non-hydrogen) atoms. The summed E-state index contributed by atoms with van der Waals surface area (Å²) >= 11 is 12.1. The number of hydrogen-bond acceptors (Lipinski definition) is 1. The highest BCUT2D eigenvalue weighted by molar-refractivity contribution is 6.33. The number of hydrogen-bond donors (Lipinski definition) is 1. The first-order valence-electron chi connectivity index (χ1n) is 6.31. The lowest BCUT2D eigenvalue weighted by molar-refractivity contribution is 0.572. The van der Waals surface area contributed by atoms with E-state index in [4.69, 9.17) is 23.2 Å². The van der Waals surface area contributed by atoms with Crippen LogP contribution in [0.3, 0.4) is 0 Å². The van der Waals surface area contributed by atoms with Crippen LogP contribution in [-0.4, -0.2) is 0 Å². The van der Waals surface area contributed by atoms with E-state index in [0.717, 1.165) is 10.6 Å². The molecule has 0 aliphatic heterocycles. The van der Waals surface area contributed by atoms with Gasteiger partial charge in [0, 0.05) is 22.6 Å². The van der Waals surface area contributed by atoms with Crippen molar-refractivity contribution in [3.05, 3.63) is 69.2 Å². The zero-order valence-electron chi connectivity index (χ0n) is 11.1. The van der Waals surface area contributed by atoms with Crippen LogP contribution in [0, 0.1) is 6.92 Å². The van der Waals surface area contributed by atoms with Crippen molar-refractivity contribution in [2.45, 2.75) is 26.4 Å². The van der Waals surface area contributed by atoms with Crippen LogP contribution in [0.1, 0.15) is 29.7 Å². The van der Waals surface area contributed by atoms with Gasteiger partial charge in [0.25, 0.3) is 0 Å². The molecule has 0 spiro atoms. The summed E-state index contributed by atoms with van der Waals surface area (Å²) in [4.78, 5) is 0. The fraction of sp³-hybridized carbons (Fsp3) is 0.250. The molecule has 2 aromatic carbocycles. The van der Waals surface area contributed by atoms with Gasteiger partial charge in [0.05, 0.1) is 0 Å². The van der Waals surface area contributed by atoms with E-state index in [2.05, 4.69) is 43.4 Å². The zero-order chi connectivity index (χ0) is 13.8. The van der Waals surface area contributed by atoms with Crippen LogP contribution in [0.4, 0.5) is 0 Å². The Kier molecular flexibility index (Phi) is 4.87. The molecule has 0 heterocycles. The molecule has 0 fully saturated rings. The van der Waals surface area contributed by atoms with E-state index in [-0.39, 0.29) is 6.04 Å². The maximum absolute atomic E-state index is 6.16. The van der Waals surface area contributed by atoms with Crippen molar-refractivity contribution >= 4 is 23.2 Å². The highest BCUT2D eigenvalue weighted by Gasteiger charge is 2.08. The lowest BCUT2D eigenvalue weighted by Gasteiger charge is -2.17. The third-order valence-corrected chi connectivity index (χ3v) is 3.87. The average Bonchev–Trinajstić information content (AvgIpc) is 2.40.